The molecule has 0 N–H and O–H groups in total. The minimum Gasteiger partial charge on any atom is -0.271 e. The molecule has 1 rings (SSSR count). The minimum absolute atomic E-state index is 0.581. The Morgan fingerprint density at radius 2 is 2.50 bits per heavy atom. The Kier molecular flexibility index (Phi) is 1.65. The minimum atomic E-state index is 0.581. The van der Waals surface area contributed by atoms with E-state index in [0.29, 0.717) is 5.69 Å². The number of hydrogen-bond donors (Lipinski definition) is 0. The summed E-state index contributed by atoms with van der Waals surface area (Å²) in [6.45, 7) is 1.84. The van der Waals surface area contributed by atoms with E-state index < -0.39 is 0 Å². The number of carbonyl (C=O) groups excluding carboxylic acids is 1. The van der Waals surface area contributed by atoms with Crippen LogP contribution in [0.4, 0.5) is 5.69 Å². The molecule has 0 saturated carbocycles. The fraction of sp³-hybridized carbons (Fsp3) is 0.333. The van der Waals surface area contributed by atoms with Gasteiger partial charge in [0, 0.05) is 7.05 Å². The molecule has 0 aliphatic rings. The molecule has 1 aromatic rings. The number of hydrogen-bond acceptors (Lipinski definition) is 3. The molecule has 0 radical (unpaired) electrons. The summed E-state index contributed by atoms with van der Waals surface area (Å²) >= 11 is 0. The fourth-order valence-corrected chi connectivity index (χ4v) is 0.646. The molecule has 0 spiro atoms. The molecule has 4 heteroatoms. The summed E-state index contributed by atoms with van der Waals surface area (Å²) in [4.78, 5) is 13.2. The highest BCUT2D eigenvalue weighted by Gasteiger charge is 1.99. The topological polar surface area (TPSA) is 47.2 Å². The SMILES string of the molecule is Cc1c(N=C=O)cnn1C. The fourth-order valence-electron chi connectivity index (χ4n) is 0.646. The lowest BCUT2D eigenvalue weighted by Gasteiger charge is -1.90. The first-order chi connectivity index (χ1) is 4.75. The second kappa shape index (κ2) is 2.45. The van der Waals surface area contributed by atoms with E-state index in [-0.39, 0.29) is 0 Å². The molecule has 0 aliphatic carbocycles. The second-order valence-corrected chi connectivity index (χ2v) is 1.94. The van der Waals surface area contributed by atoms with Gasteiger partial charge in [0.1, 0.15) is 5.69 Å². The maximum atomic E-state index is 9.81. The predicted molar refractivity (Wildman–Crippen MR) is 35.7 cm³/mol. The van der Waals surface area contributed by atoms with Gasteiger partial charge in [0.05, 0.1) is 11.9 Å². The molecule has 10 heavy (non-hydrogen) atoms. The van der Waals surface area contributed by atoms with Crippen LogP contribution in [-0.4, -0.2) is 15.9 Å². The van der Waals surface area contributed by atoms with Gasteiger partial charge in [-0.25, -0.2) is 4.79 Å². The molecule has 0 aliphatic heterocycles. The van der Waals surface area contributed by atoms with E-state index in [4.69, 9.17) is 0 Å². The van der Waals surface area contributed by atoms with Crippen molar-refractivity contribution >= 4 is 11.8 Å². The van der Waals surface area contributed by atoms with Crippen LogP contribution in [0.25, 0.3) is 0 Å². The molecule has 0 fully saturated rings. The van der Waals surface area contributed by atoms with Crippen molar-refractivity contribution in [1.29, 1.82) is 0 Å². The summed E-state index contributed by atoms with van der Waals surface area (Å²) < 4.78 is 1.65. The number of aromatic nitrogens is 2. The molecule has 0 bridgehead atoms. The van der Waals surface area contributed by atoms with Gasteiger partial charge in [-0.1, -0.05) is 0 Å². The average Bonchev–Trinajstić information content (AvgIpc) is 2.20. The van der Waals surface area contributed by atoms with Crippen LogP contribution in [0.2, 0.25) is 0 Å². The smallest absolute Gasteiger partial charge is 0.240 e. The third kappa shape index (κ3) is 0.967. The number of aryl methyl sites for hydroxylation is 1. The third-order valence-corrected chi connectivity index (χ3v) is 1.38. The average molecular weight is 137 g/mol. The quantitative estimate of drug-likeness (QED) is 0.422. The van der Waals surface area contributed by atoms with Crippen molar-refractivity contribution in [3.05, 3.63) is 11.9 Å². The monoisotopic (exact) mass is 137 g/mol. The van der Waals surface area contributed by atoms with Crippen LogP contribution < -0.4 is 0 Å². The normalized spacial score (nSPS) is 9.00. The lowest BCUT2D eigenvalue weighted by Crippen LogP contribution is -1.91. The molecule has 0 amide bonds. The lowest BCUT2D eigenvalue weighted by molar-refractivity contribution is 0.565. The molecular formula is C6H7N3O. The maximum absolute atomic E-state index is 9.81. The van der Waals surface area contributed by atoms with Gasteiger partial charge in [-0.2, -0.15) is 10.1 Å². The van der Waals surface area contributed by atoms with Crippen LogP contribution in [0.15, 0.2) is 11.2 Å². The van der Waals surface area contributed by atoms with Crippen molar-refractivity contribution in [2.24, 2.45) is 12.0 Å². The summed E-state index contributed by atoms with van der Waals surface area (Å²) in [5, 5.41) is 3.88. The van der Waals surface area contributed by atoms with Gasteiger partial charge in [-0.15, -0.1) is 0 Å². The van der Waals surface area contributed by atoms with Crippen LogP contribution >= 0.6 is 0 Å². The van der Waals surface area contributed by atoms with E-state index in [9.17, 15) is 4.79 Å². The predicted octanol–water partition coefficient (Wildman–Crippen LogP) is 0.696. The van der Waals surface area contributed by atoms with Crippen LogP contribution in [0.1, 0.15) is 5.69 Å². The summed E-state index contributed by atoms with van der Waals surface area (Å²) in [5.74, 6) is 0. The van der Waals surface area contributed by atoms with Gasteiger partial charge in [-0.3, -0.25) is 4.68 Å². The summed E-state index contributed by atoms with van der Waals surface area (Å²) in [5.41, 5.74) is 1.45. The summed E-state index contributed by atoms with van der Waals surface area (Å²) in [7, 11) is 1.79. The maximum Gasteiger partial charge on any atom is 0.240 e. The highest BCUT2D eigenvalue weighted by atomic mass is 16.1. The van der Waals surface area contributed by atoms with Gasteiger partial charge in [0.25, 0.3) is 0 Å². The Labute approximate surface area is 58.2 Å². The zero-order valence-electron chi connectivity index (χ0n) is 5.83. The molecule has 0 atom stereocenters. The Morgan fingerprint density at radius 3 is 2.90 bits per heavy atom. The van der Waals surface area contributed by atoms with E-state index in [0.717, 1.165) is 5.69 Å². The van der Waals surface area contributed by atoms with Gasteiger partial charge in [0.2, 0.25) is 6.08 Å². The standard InChI is InChI=1S/C6H7N3O/c1-5-6(7-4-10)3-8-9(5)2/h3H,1-2H3. The van der Waals surface area contributed by atoms with E-state index in [1.165, 1.54) is 12.3 Å². The number of rotatable bonds is 1. The molecule has 1 aromatic heterocycles. The van der Waals surface area contributed by atoms with Crippen LogP contribution in [0, 0.1) is 6.92 Å². The number of isocyanates is 1. The molecule has 0 saturated heterocycles. The molecule has 1 heterocycles. The molecule has 4 nitrogen and oxygen atoms in total. The van der Waals surface area contributed by atoms with Crippen LogP contribution in [-0.2, 0) is 11.8 Å². The lowest BCUT2D eigenvalue weighted by atomic mass is 10.4. The first kappa shape index (κ1) is 6.71. The van der Waals surface area contributed by atoms with Crippen molar-refractivity contribution < 1.29 is 4.79 Å². The Bertz CT molecular complexity index is 283. The molecule has 52 valence electrons. The van der Waals surface area contributed by atoms with Gasteiger partial charge < -0.3 is 0 Å². The second-order valence-electron chi connectivity index (χ2n) is 1.94. The van der Waals surface area contributed by atoms with E-state index in [1.807, 2.05) is 6.92 Å². The number of aliphatic imine (C=N–C) groups is 1. The molecule has 0 unspecified atom stereocenters. The van der Waals surface area contributed by atoms with Crippen molar-refractivity contribution in [3.63, 3.8) is 0 Å². The summed E-state index contributed by atoms with van der Waals surface area (Å²) in [6, 6.07) is 0. The Morgan fingerprint density at radius 1 is 1.80 bits per heavy atom. The Hall–Kier alpha value is -1.41. The molecular weight excluding hydrogens is 130 g/mol. The first-order valence-electron chi connectivity index (χ1n) is 2.82. The van der Waals surface area contributed by atoms with Crippen molar-refractivity contribution in [2.75, 3.05) is 0 Å². The first-order valence-corrected chi connectivity index (χ1v) is 2.82. The van der Waals surface area contributed by atoms with Gasteiger partial charge >= 0.3 is 0 Å². The zero-order valence-corrected chi connectivity index (χ0v) is 5.83. The third-order valence-electron chi connectivity index (χ3n) is 1.38. The zero-order chi connectivity index (χ0) is 7.56. The van der Waals surface area contributed by atoms with Crippen LogP contribution in [0.3, 0.4) is 0 Å². The van der Waals surface area contributed by atoms with E-state index in [1.54, 1.807) is 11.7 Å². The highest BCUT2D eigenvalue weighted by molar-refractivity contribution is 5.49. The van der Waals surface area contributed by atoms with Gasteiger partial charge in [-0.05, 0) is 6.92 Å². The van der Waals surface area contributed by atoms with Crippen LogP contribution in [0.5, 0.6) is 0 Å². The van der Waals surface area contributed by atoms with E-state index >= 15 is 0 Å². The van der Waals surface area contributed by atoms with Crippen molar-refractivity contribution in [2.45, 2.75) is 6.92 Å². The Balaban J connectivity index is 3.17. The highest BCUT2D eigenvalue weighted by Crippen LogP contribution is 2.14. The number of nitrogens with zero attached hydrogens (tertiary/aromatic N) is 3. The molecule has 0 aromatic carbocycles. The largest absolute Gasteiger partial charge is 0.271 e. The van der Waals surface area contributed by atoms with E-state index in [2.05, 4.69) is 10.1 Å². The van der Waals surface area contributed by atoms with Crippen molar-refractivity contribution in [1.82, 2.24) is 9.78 Å². The summed E-state index contributed by atoms with van der Waals surface area (Å²) in [6.07, 6.45) is 2.99. The van der Waals surface area contributed by atoms with Gasteiger partial charge in [0.15, 0.2) is 0 Å². The van der Waals surface area contributed by atoms with Crippen molar-refractivity contribution in [3.8, 4) is 0 Å².